The Labute approximate surface area is 107 Å². The van der Waals surface area contributed by atoms with Crippen LogP contribution in [0.25, 0.3) is 10.9 Å². The number of hydrogen-bond acceptors (Lipinski definition) is 1. The minimum atomic E-state index is 0.730. The van der Waals surface area contributed by atoms with E-state index in [1.165, 1.54) is 49.8 Å². The lowest BCUT2D eigenvalue weighted by molar-refractivity contribution is 0.0710. The summed E-state index contributed by atoms with van der Waals surface area (Å²) >= 11 is 0. The summed E-state index contributed by atoms with van der Waals surface area (Å²) in [6.45, 7) is 3.87. The first-order chi connectivity index (χ1) is 8.92. The van der Waals surface area contributed by atoms with Crippen LogP contribution in [0.2, 0.25) is 0 Å². The zero-order valence-corrected chi connectivity index (χ0v) is 10.6. The normalized spacial score (nSPS) is 29.8. The molecule has 92 valence electrons. The van der Waals surface area contributed by atoms with Crippen molar-refractivity contribution in [2.45, 2.75) is 31.8 Å². The van der Waals surface area contributed by atoms with Gasteiger partial charge in [0.15, 0.2) is 0 Å². The van der Waals surface area contributed by atoms with E-state index in [0.717, 1.165) is 12.0 Å². The Kier molecular flexibility index (Phi) is 1.70. The second-order valence-electron chi connectivity index (χ2n) is 6.18. The van der Waals surface area contributed by atoms with Gasteiger partial charge in [0.1, 0.15) is 0 Å². The number of piperidine rings is 1. The van der Waals surface area contributed by atoms with Gasteiger partial charge >= 0.3 is 0 Å². The fraction of sp³-hybridized carbons (Fsp3) is 0.500. The average molecular weight is 238 g/mol. The van der Waals surface area contributed by atoms with Crippen LogP contribution in [0, 0.1) is 5.92 Å². The Bertz CT molecular complexity index is 640. The van der Waals surface area contributed by atoms with E-state index in [9.17, 15) is 0 Å². The lowest BCUT2D eigenvalue weighted by Crippen LogP contribution is -2.45. The summed E-state index contributed by atoms with van der Waals surface area (Å²) in [7, 11) is 0. The van der Waals surface area contributed by atoms with E-state index >= 15 is 0 Å². The summed E-state index contributed by atoms with van der Waals surface area (Å²) < 4.78 is 2.65. The maximum atomic E-state index is 2.73. The van der Waals surface area contributed by atoms with Crippen molar-refractivity contribution < 1.29 is 0 Å². The molecule has 0 radical (unpaired) electrons. The molecule has 5 rings (SSSR count). The van der Waals surface area contributed by atoms with E-state index in [1.54, 1.807) is 11.3 Å². The van der Waals surface area contributed by atoms with Crippen LogP contribution in [-0.2, 0) is 13.0 Å². The van der Waals surface area contributed by atoms with E-state index in [0.29, 0.717) is 0 Å². The van der Waals surface area contributed by atoms with Crippen molar-refractivity contribution in [2.75, 3.05) is 13.1 Å². The summed E-state index contributed by atoms with van der Waals surface area (Å²) in [4.78, 5) is 2.73. The van der Waals surface area contributed by atoms with Gasteiger partial charge in [-0.1, -0.05) is 18.2 Å². The van der Waals surface area contributed by atoms with Crippen LogP contribution in [0.15, 0.2) is 24.3 Å². The van der Waals surface area contributed by atoms with Crippen LogP contribution in [-0.4, -0.2) is 22.6 Å². The molecule has 0 spiro atoms. The predicted octanol–water partition coefficient (Wildman–Crippen LogP) is 2.96. The molecule has 2 bridgehead atoms. The number of aromatic nitrogens is 1. The van der Waals surface area contributed by atoms with Crippen molar-refractivity contribution in [2.24, 2.45) is 5.92 Å². The second-order valence-corrected chi connectivity index (χ2v) is 6.18. The lowest BCUT2D eigenvalue weighted by Gasteiger charge is -2.46. The summed E-state index contributed by atoms with van der Waals surface area (Å²) in [5.41, 5.74) is 4.81. The molecule has 2 atom stereocenters. The van der Waals surface area contributed by atoms with Gasteiger partial charge in [0.2, 0.25) is 0 Å². The monoisotopic (exact) mass is 238 g/mol. The van der Waals surface area contributed by atoms with Gasteiger partial charge < -0.3 is 4.57 Å². The minimum Gasteiger partial charge on any atom is -0.343 e. The average Bonchev–Trinajstić information content (AvgIpc) is 2.74. The quantitative estimate of drug-likeness (QED) is 0.685. The van der Waals surface area contributed by atoms with Crippen molar-refractivity contribution >= 4 is 10.9 Å². The van der Waals surface area contributed by atoms with Gasteiger partial charge in [0, 0.05) is 29.7 Å². The SMILES string of the molecule is c1ccc2c(c1)c1c3n2CC2CCN(CC1)C3C2. The zero-order valence-electron chi connectivity index (χ0n) is 10.6. The van der Waals surface area contributed by atoms with E-state index in [4.69, 9.17) is 0 Å². The van der Waals surface area contributed by atoms with E-state index in [-0.39, 0.29) is 0 Å². The van der Waals surface area contributed by atoms with Gasteiger partial charge in [-0.2, -0.15) is 0 Å². The largest absolute Gasteiger partial charge is 0.343 e. The highest BCUT2D eigenvalue weighted by molar-refractivity contribution is 5.86. The summed E-state index contributed by atoms with van der Waals surface area (Å²) in [6.07, 6.45) is 4.06. The van der Waals surface area contributed by atoms with E-state index in [2.05, 4.69) is 33.7 Å². The van der Waals surface area contributed by atoms with Crippen LogP contribution in [0.1, 0.15) is 30.1 Å². The molecule has 0 amide bonds. The summed E-state index contributed by atoms with van der Waals surface area (Å²) in [6, 6.07) is 9.77. The van der Waals surface area contributed by atoms with E-state index in [1.807, 2.05) is 0 Å². The molecule has 1 aromatic heterocycles. The highest BCUT2D eigenvalue weighted by atomic mass is 15.2. The molecule has 2 unspecified atom stereocenters. The smallest absolute Gasteiger partial charge is 0.0507 e. The Morgan fingerprint density at radius 1 is 1.11 bits per heavy atom. The first kappa shape index (κ1) is 9.62. The summed E-state index contributed by atoms with van der Waals surface area (Å²) in [5.74, 6) is 0.917. The molecule has 1 aromatic carbocycles. The molecule has 0 aliphatic carbocycles. The third kappa shape index (κ3) is 1.04. The van der Waals surface area contributed by atoms with Crippen LogP contribution in [0.3, 0.4) is 0 Å². The van der Waals surface area contributed by atoms with Crippen LogP contribution < -0.4 is 0 Å². The number of benzene rings is 1. The van der Waals surface area contributed by atoms with Gasteiger partial charge in [-0.3, -0.25) is 4.90 Å². The highest BCUT2D eigenvalue weighted by Gasteiger charge is 2.40. The molecule has 18 heavy (non-hydrogen) atoms. The molecule has 1 saturated heterocycles. The number of fused-ring (bicyclic) bond motifs is 4. The molecule has 0 N–H and O–H groups in total. The molecule has 3 aliphatic rings. The Morgan fingerprint density at radius 2 is 2.06 bits per heavy atom. The molecule has 2 nitrogen and oxygen atoms in total. The molecule has 3 aliphatic heterocycles. The van der Waals surface area contributed by atoms with Crippen molar-refractivity contribution in [3.8, 4) is 0 Å². The number of rotatable bonds is 0. The Morgan fingerprint density at radius 3 is 3.06 bits per heavy atom. The van der Waals surface area contributed by atoms with Crippen LogP contribution in [0.5, 0.6) is 0 Å². The molecular formula is C16H18N2. The van der Waals surface area contributed by atoms with Crippen molar-refractivity contribution in [1.29, 1.82) is 0 Å². The molecule has 0 saturated carbocycles. The first-order valence-corrected chi connectivity index (χ1v) is 7.26. The minimum absolute atomic E-state index is 0.730. The molecular weight excluding hydrogens is 220 g/mol. The molecule has 1 fully saturated rings. The Hall–Kier alpha value is -1.28. The highest BCUT2D eigenvalue weighted by Crippen LogP contribution is 2.46. The van der Waals surface area contributed by atoms with Crippen LogP contribution in [0.4, 0.5) is 0 Å². The lowest BCUT2D eigenvalue weighted by atomic mass is 9.82. The van der Waals surface area contributed by atoms with Gasteiger partial charge in [0.05, 0.1) is 6.04 Å². The number of para-hydroxylation sites is 1. The van der Waals surface area contributed by atoms with Crippen molar-refractivity contribution in [3.05, 3.63) is 35.5 Å². The first-order valence-electron chi connectivity index (χ1n) is 7.26. The van der Waals surface area contributed by atoms with Crippen molar-refractivity contribution in [3.63, 3.8) is 0 Å². The molecule has 2 aromatic rings. The third-order valence-corrected chi connectivity index (χ3v) is 5.35. The molecule has 4 heterocycles. The Balaban J connectivity index is 1.89. The standard InChI is InChI=1S/C16H18N2/c1-2-4-14-12(3-1)13-6-8-17-7-5-11-9-15(17)16(13)18(14)10-11/h1-4,11,15H,5-10H2. The van der Waals surface area contributed by atoms with Crippen LogP contribution >= 0.6 is 0 Å². The zero-order chi connectivity index (χ0) is 11.7. The maximum absolute atomic E-state index is 2.73. The third-order valence-electron chi connectivity index (χ3n) is 5.35. The predicted molar refractivity (Wildman–Crippen MR) is 72.7 cm³/mol. The second kappa shape index (κ2) is 3.18. The van der Waals surface area contributed by atoms with Gasteiger partial charge in [-0.25, -0.2) is 0 Å². The van der Waals surface area contributed by atoms with Crippen molar-refractivity contribution in [1.82, 2.24) is 9.47 Å². The summed E-state index contributed by atoms with van der Waals surface area (Å²) in [5, 5.41) is 1.53. The number of hydrogen-bond donors (Lipinski definition) is 0. The maximum Gasteiger partial charge on any atom is 0.0507 e. The van der Waals surface area contributed by atoms with Gasteiger partial charge in [-0.15, -0.1) is 0 Å². The fourth-order valence-corrected chi connectivity index (χ4v) is 4.55. The fourth-order valence-electron chi connectivity index (χ4n) is 4.55. The number of nitrogens with zero attached hydrogens (tertiary/aromatic N) is 2. The van der Waals surface area contributed by atoms with Gasteiger partial charge in [0.25, 0.3) is 0 Å². The van der Waals surface area contributed by atoms with E-state index < -0.39 is 0 Å². The molecule has 2 heteroatoms. The van der Waals surface area contributed by atoms with Gasteiger partial charge in [-0.05, 0) is 43.4 Å². The topological polar surface area (TPSA) is 8.17 Å².